The lowest BCUT2D eigenvalue weighted by molar-refractivity contribution is 0.380. The molecule has 8 aromatic carbocycles. The Morgan fingerprint density at radius 3 is 0.833 bits per heavy atom. The second-order valence-electron chi connectivity index (χ2n) is 37.6. The Bertz CT molecular complexity index is 9140. The van der Waals surface area contributed by atoms with Gasteiger partial charge in [0.25, 0.3) is 22.2 Å². The van der Waals surface area contributed by atoms with E-state index in [1.807, 2.05) is 330 Å². The van der Waals surface area contributed by atoms with E-state index in [1.54, 1.807) is 61.8 Å². The van der Waals surface area contributed by atoms with Crippen LogP contribution in [0.15, 0.2) is 415 Å². The van der Waals surface area contributed by atoms with Crippen LogP contribution in [0.5, 0.6) is 6.01 Å². The number of rotatable bonds is 21. The lowest BCUT2D eigenvalue weighted by Crippen LogP contribution is -2.24. The summed E-state index contributed by atoms with van der Waals surface area (Å²) in [7, 11) is 1.53. The number of anilines is 1. The molecule has 0 aliphatic carbocycles. The Kier molecular flexibility index (Phi) is 27.8. The minimum absolute atomic E-state index is 0.000686. The molecule has 0 saturated carbocycles. The van der Waals surface area contributed by atoms with Gasteiger partial charge >= 0.3 is 6.01 Å². The molecular formula is C126H103N19O5. The van der Waals surface area contributed by atoms with Crippen LogP contribution in [0.2, 0.25) is 0 Å². The first kappa shape index (κ1) is 97.0. The number of aromatic nitrogens is 18. The fourth-order valence-corrected chi connectivity index (χ4v) is 20.2. The summed E-state index contributed by atoms with van der Waals surface area (Å²) < 4.78 is 12.5. The standard InChI is InChI=1S/C33H28N4O.C31H25N5O2.2C31H25N5O/c1-21-17-26(20-36-23(21)3)28-13-7-9-25-19-30(37(33(38)31(25)28)27-11-5-4-6-12-27)22(2)18-29-32-24(14-16-34-29)10-8-15-35-32;1-20(16-26-29-21(13-15-32-26)9-7-14-33-29)27-17-22-8-6-12-25(23-18-34-31(38-2)35-19-23)28(22)30(37)36(27)24-10-4-3-5-11-24;1-20(16-27-30-22(13-15-32-27)9-7-14-33-30)28-17-23-8-6-12-26(24-18-34-21(2)35-19-24)29(23)31(37)36(28)25-10-4-3-5-11-25;1-20(17-26-30-21(14-16-33-26)8-6-15-34-30)27-18-22-7-5-11-25(23-12-13-28(32)35-19-23)29(22)31(37)36(27)24-9-3-2-4-10-24/h4-17,19-20,22H,18H2,1-3H3;3-15,17-20H,16H2,1-2H3;3-15,17-20H,16H2,1-2H3;2-16,18-20H,17H2,1H3,(H2,32,35)/t22-;3*20-/m1111/s1. The van der Waals surface area contributed by atoms with Crippen LogP contribution < -0.4 is 32.7 Å². The van der Waals surface area contributed by atoms with E-state index in [0.717, 1.165) is 189 Å². The number of benzene rings is 8. The van der Waals surface area contributed by atoms with E-state index in [2.05, 4.69) is 141 Å². The zero-order valence-corrected chi connectivity index (χ0v) is 83.8. The summed E-state index contributed by atoms with van der Waals surface area (Å²) in [6.07, 6.45) is 27.6. The summed E-state index contributed by atoms with van der Waals surface area (Å²) in [5.74, 6) is 1.14. The molecule has 0 unspecified atom stereocenters. The van der Waals surface area contributed by atoms with Gasteiger partial charge in [0.15, 0.2) is 0 Å². The molecule has 0 amide bonds. The van der Waals surface area contributed by atoms with E-state index in [0.29, 0.717) is 58.9 Å². The van der Waals surface area contributed by atoms with E-state index >= 15 is 0 Å². The molecule has 16 heterocycles. The van der Waals surface area contributed by atoms with Crippen molar-refractivity contribution < 1.29 is 4.74 Å². The number of para-hydroxylation sites is 4. The van der Waals surface area contributed by atoms with Gasteiger partial charge in [-0.15, -0.1) is 0 Å². The molecule has 0 aliphatic rings. The number of aryl methyl sites for hydroxylation is 3. The first-order valence-electron chi connectivity index (χ1n) is 49.9. The molecule has 24 nitrogen and oxygen atoms in total. The predicted octanol–water partition coefficient (Wildman–Crippen LogP) is 24.7. The van der Waals surface area contributed by atoms with Crippen LogP contribution in [-0.4, -0.2) is 95.2 Å². The van der Waals surface area contributed by atoms with Crippen LogP contribution in [0.4, 0.5) is 5.82 Å². The van der Waals surface area contributed by atoms with Gasteiger partial charge < -0.3 is 10.5 Å². The normalized spacial score (nSPS) is 12.1. The first-order valence-corrected chi connectivity index (χ1v) is 49.9. The maximum atomic E-state index is 14.4. The van der Waals surface area contributed by atoms with Gasteiger partial charge in [0.2, 0.25) is 0 Å². The third-order valence-corrected chi connectivity index (χ3v) is 27.7. The summed E-state index contributed by atoms with van der Waals surface area (Å²) >= 11 is 0. The van der Waals surface area contributed by atoms with Gasteiger partial charge in [-0.25, -0.2) is 24.9 Å². The van der Waals surface area contributed by atoms with Crippen molar-refractivity contribution in [1.29, 1.82) is 0 Å². The quantitative estimate of drug-likeness (QED) is 0.0699. The largest absolute Gasteiger partial charge is 0.467 e. The Morgan fingerprint density at radius 1 is 0.260 bits per heavy atom. The fourth-order valence-electron chi connectivity index (χ4n) is 20.2. The lowest BCUT2D eigenvalue weighted by Gasteiger charge is -2.21. The van der Waals surface area contributed by atoms with Gasteiger partial charge in [-0.1, -0.05) is 198 Å². The molecule has 24 heteroatoms. The number of hydrogen-bond donors (Lipinski definition) is 1. The predicted molar refractivity (Wildman–Crippen MR) is 598 cm³/mol. The van der Waals surface area contributed by atoms with E-state index in [4.69, 9.17) is 10.5 Å². The highest BCUT2D eigenvalue weighted by atomic mass is 16.5. The number of nitrogen functional groups attached to an aromatic ring is 1. The number of methoxy groups -OCH3 is 1. The first-order chi connectivity index (χ1) is 73.3. The van der Waals surface area contributed by atoms with Crippen molar-refractivity contribution in [2.75, 3.05) is 12.8 Å². The SMILES string of the molecule is COc1ncc(-c2cccc3cc([C@H](C)Cc4nccc5cccnc45)n(-c4ccccc4)c(=O)c23)cn1.C[C@H](Cc1nccc2cccnc12)c1cc2cccc(-c3ccc(N)nc3)c2c(=O)n1-c1ccccc1.Cc1cc(-c2cccc3cc([C@H](C)Cc4nccc5cccnc45)n(-c4ccccc4)c(=O)c23)cnc1C.Cc1ncc(-c2cccc3cc([C@H](C)Cc4nccc5cccnc45)n(-c4ccccc4)c(=O)c23)cn1. The van der Waals surface area contributed by atoms with E-state index in [9.17, 15) is 19.2 Å². The molecule has 0 spiro atoms. The summed E-state index contributed by atoms with van der Waals surface area (Å²) in [5.41, 5.74) is 28.6. The van der Waals surface area contributed by atoms with Crippen LogP contribution in [0.25, 0.3) is 154 Å². The Balaban J connectivity index is 0.000000117. The summed E-state index contributed by atoms with van der Waals surface area (Å²) in [4.78, 5) is 120. The molecular weight excluding hydrogens is 1860 g/mol. The number of nitrogens with zero attached hydrogens (tertiary/aromatic N) is 18. The van der Waals surface area contributed by atoms with Gasteiger partial charge in [-0.3, -0.25) is 82.3 Å². The molecule has 0 saturated heterocycles. The number of fused-ring (bicyclic) bond motifs is 8. The molecule has 2 N–H and O–H groups in total. The van der Waals surface area contributed by atoms with Crippen LogP contribution in [0, 0.1) is 20.8 Å². The van der Waals surface area contributed by atoms with Crippen molar-refractivity contribution in [1.82, 2.24) is 88.0 Å². The van der Waals surface area contributed by atoms with Gasteiger partial charge in [-0.2, -0.15) is 0 Å². The number of nitrogens with two attached hydrogens (primary N) is 1. The van der Waals surface area contributed by atoms with Crippen LogP contribution in [0.1, 0.15) is 114 Å². The Labute approximate surface area is 863 Å². The average Bonchev–Trinajstić information content (AvgIpc) is 0.754. The maximum Gasteiger partial charge on any atom is 0.316 e. The molecule has 732 valence electrons. The molecule has 150 heavy (non-hydrogen) atoms. The molecule has 0 radical (unpaired) electrons. The summed E-state index contributed by atoms with van der Waals surface area (Å²) in [6.45, 7) is 14.5. The van der Waals surface area contributed by atoms with Crippen molar-refractivity contribution >= 4 is 92.5 Å². The molecule has 0 bridgehead atoms. The van der Waals surface area contributed by atoms with E-state index < -0.39 is 0 Å². The van der Waals surface area contributed by atoms with Crippen LogP contribution in [-0.2, 0) is 25.7 Å². The maximum absolute atomic E-state index is 14.4. The number of ether oxygens (including phenoxy) is 1. The highest BCUT2D eigenvalue weighted by Gasteiger charge is 2.28. The van der Waals surface area contributed by atoms with Crippen molar-refractivity contribution in [3.63, 3.8) is 0 Å². The Morgan fingerprint density at radius 2 is 0.540 bits per heavy atom. The number of pyridine rings is 14. The zero-order chi connectivity index (χ0) is 103. The van der Waals surface area contributed by atoms with Crippen molar-refractivity contribution in [3.05, 3.63) is 500 Å². The second kappa shape index (κ2) is 43.1. The molecule has 24 aromatic rings. The summed E-state index contributed by atoms with van der Waals surface area (Å²) in [6, 6.07) is 101. The average molecular weight is 1960 g/mol. The van der Waals surface area contributed by atoms with E-state index in [-0.39, 0.29) is 51.9 Å². The highest BCUT2D eigenvalue weighted by molar-refractivity contribution is 6.00. The smallest absolute Gasteiger partial charge is 0.316 e. The monoisotopic (exact) mass is 1960 g/mol. The summed E-state index contributed by atoms with van der Waals surface area (Å²) in [5, 5.41) is 10.4. The van der Waals surface area contributed by atoms with Gasteiger partial charge in [0, 0.05) is 205 Å². The Hall–Kier alpha value is -19.1. The van der Waals surface area contributed by atoms with Gasteiger partial charge in [0.05, 0.1) is 73.5 Å². The minimum atomic E-state index is -0.0917. The minimum Gasteiger partial charge on any atom is -0.467 e. The van der Waals surface area contributed by atoms with Crippen molar-refractivity contribution in [2.24, 2.45) is 0 Å². The fraction of sp³-hybridized carbons (Fsp3) is 0.127. The van der Waals surface area contributed by atoms with Gasteiger partial charge in [0.1, 0.15) is 11.6 Å². The molecule has 0 fully saturated rings. The van der Waals surface area contributed by atoms with Crippen molar-refractivity contribution in [2.45, 2.75) is 97.8 Å². The molecule has 24 rings (SSSR count). The molecule has 16 aromatic heterocycles. The van der Waals surface area contributed by atoms with Crippen LogP contribution in [0.3, 0.4) is 0 Å². The zero-order valence-electron chi connectivity index (χ0n) is 83.8. The number of hydrogen-bond acceptors (Lipinski definition) is 20. The lowest BCUT2D eigenvalue weighted by atomic mass is 9.94. The topological polar surface area (TPSA) is 304 Å². The third kappa shape index (κ3) is 19.9. The van der Waals surface area contributed by atoms with Crippen molar-refractivity contribution in [3.8, 4) is 73.3 Å². The highest BCUT2D eigenvalue weighted by Crippen LogP contribution is 2.39. The van der Waals surface area contributed by atoms with E-state index in [1.165, 1.54) is 7.11 Å². The third-order valence-electron chi connectivity index (χ3n) is 27.7. The second-order valence-corrected chi connectivity index (χ2v) is 37.6. The van der Waals surface area contributed by atoms with Gasteiger partial charge in [-0.05, 0) is 235 Å². The molecule has 0 aliphatic heterocycles. The molecule has 4 atom stereocenters. The van der Waals surface area contributed by atoms with Crippen LogP contribution >= 0.6 is 0 Å².